The third-order valence-corrected chi connectivity index (χ3v) is 9.25. The second-order valence-corrected chi connectivity index (χ2v) is 13.8. The summed E-state index contributed by atoms with van der Waals surface area (Å²) in [4.78, 5) is 40.6. The van der Waals surface area contributed by atoms with Crippen molar-refractivity contribution in [1.29, 1.82) is 0 Å². The molecule has 0 aromatic heterocycles. The molecule has 0 aliphatic heterocycles. The van der Waals surface area contributed by atoms with Gasteiger partial charge in [-0.25, -0.2) is 0 Å². The van der Waals surface area contributed by atoms with Crippen LogP contribution in [0.2, 0.25) is 0 Å². The lowest BCUT2D eigenvalue weighted by Crippen LogP contribution is -2.71. The molecular weight excluding hydrogens is 1040 g/mol. The van der Waals surface area contributed by atoms with Gasteiger partial charge in [0.1, 0.15) is 19.7 Å². The van der Waals surface area contributed by atoms with Crippen LogP contribution in [0, 0.1) is 5.41 Å². The predicted molar refractivity (Wildman–Crippen MR) is 166 cm³/mol. The summed E-state index contributed by atoms with van der Waals surface area (Å²) in [6, 6.07) is 0. The Morgan fingerprint density at radius 2 is 0.529 bits per heavy atom. The minimum atomic E-state index is -8.16. The normalized spacial score (nSPS) is 14.9. The minimum absolute atomic E-state index is 0.0262. The topological polar surface area (TPSA) is 97.9 Å². The third-order valence-electron chi connectivity index (χ3n) is 9.25. The molecule has 404 valence electrons. The Kier molecular flexibility index (Phi) is 20.2. The molecular formula is C31H34F27N3O7. The van der Waals surface area contributed by atoms with Gasteiger partial charge in [-0.2, -0.15) is 119 Å². The average molecular weight is 1070 g/mol. The van der Waals surface area contributed by atoms with E-state index < -0.39 is 142 Å². The molecule has 3 amide bonds. The summed E-state index contributed by atoms with van der Waals surface area (Å²) in [5.41, 5.74) is -29.6. The van der Waals surface area contributed by atoms with Crippen LogP contribution in [0.25, 0.3) is 0 Å². The van der Waals surface area contributed by atoms with Gasteiger partial charge in [0, 0.05) is 26.2 Å². The van der Waals surface area contributed by atoms with E-state index in [-0.39, 0.29) is 31.1 Å². The van der Waals surface area contributed by atoms with Crippen LogP contribution in [-0.2, 0) is 33.3 Å². The average Bonchev–Trinajstić information content (AvgIpc) is 3.07. The van der Waals surface area contributed by atoms with Crippen LogP contribution in [0.15, 0.2) is 0 Å². The van der Waals surface area contributed by atoms with E-state index >= 15 is 0 Å². The number of likely N-dealkylation sites (N-methyl/N-ethyl adjacent to an activating group) is 2. The first-order chi connectivity index (χ1) is 30.0. The number of ether oxygens (including phenoxy) is 4. The molecule has 0 unspecified atom stereocenters. The maximum absolute atomic E-state index is 13.8. The molecule has 0 radical (unpaired) electrons. The molecule has 0 aliphatic carbocycles. The number of hydrogen-bond acceptors (Lipinski definition) is 7. The van der Waals surface area contributed by atoms with Crippen LogP contribution >= 0.6 is 0 Å². The van der Waals surface area contributed by atoms with Gasteiger partial charge < -0.3 is 33.6 Å². The monoisotopic (exact) mass is 1070 g/mol. The lowest BCUT2D eigenvalue weighted by Gasteiger charge is -2.45. The number of carbonyl (C=O) groups excluding carboxylic acids is 3. The van der Waals surface area contributed by atoms with Gasteiger partial charge in [0.25, 0.3) is 0 Å². The Hall–Kier alpha value is -3.64. The summed E-state index contributed by atoms with van der Waals surface area (Å²) in [6.07, 6.45) is -73.5. The number of amides is 3. The van der Waals surface area contributed by atoms with E-state index in [1.54, 1.807) is 0 Å². The van der Waals surface area contributed by atoms with Crippen molar-refractivity contribution in [3.8, 4) is 0 Å². The number of rotatable bonds is 21. The summed E-state index contributed by atoms with van der Waals surface area (Å²) in [5.74, 6) is -4.40. The number of alkyl halides is 27. The van der Waals surface area contributed by atoms with E-state index in [0.29, 0.717) is 0 Å². The first-order valence-corrected chi connectivity index (χ1v) is 17.9. The molecule has 0 aromatic rings. The molecule has 0 saturated heterocycles. The molecule has 0 heterocycles. The molecule has 0 atom stereocenters. The van der Waals surface area contributed by atoms with E-state index in [4.69, 9.17) is 0 Å². The van der Waals surface area contributed by atoms with Crippen molar-refractivity contribution < 1.29 is 152 Å². The van der Waals surface area contributed by atoms with Crippen molar-refractivity contribution >= 4 is 17.7 Å². The molecule has 0 spiro atoms. The molecule has 0 saturated carbocycles. The zero-order valence-corrected chi connectivity index (χ0v) is 34.2. The molecule has 0 aromatic carbocycles. The maximum Gasteiger partial charge on any atom is 0.435 e. The Labute approximate surface area is 362 Å². The third kappa shape index (κ3) is 13.2. The van der Waals surface area contributed by atoms with E-state index in [9.17, 15) is 133 Å². The van der Waals surface area contributed by atoms with Crippen molar-refractivity contribution in [2.24, 2.45) is 5.41 Å². The summed E-state index contributed by atoms with van der Waals surface area (Å²) in [6.45, 7) is -16.6. The molecule has 0 rings (SSSR count). The van der Waals surface area contributed by atoms with Gasteiger partial charge in [0.2, 0.25) is 17.7 Å². The predicted octanol–water partition coefficient (Wildman–Crippen LogP) is 8.88. The molecule has 37 heteroatoms. The molecule has 0 bridgehead atoms. The van der Waals surface area contributed by atoms with Crippen molar-refractivity contribution in [2.45, 2.75) is 100 Å². The first kappa shape index (κ1) is 64.4. The lowest BCUT2D eigenvalue weighted by atomic mass is 9.89. The van der Waals surface area contributed by atoms with Gasteiger partial charge in [-0.3, -0.25) is 14.4 Å². The number of nitrogens with zero attached hydrogens (tertiary/aromatic N) is 3. The fourth-order valence-corrected chi connectivity index (χ4v) is 5.57. The molecule has 0 aliphatic rings. The van der Waals surface area contributed by atoms with Crippen LogP contribution in [-0.4, -0.2) is 177 Å². The molecule has 0 fully saturated rings. The number of hydrogen-bond donors (Lipinski definition) is 0. The second kappa shape index (κ2) is 21.4. The molecule has 0 N–H and O–H groups in total. The van der Waals surface area contributed by atoms with Gasteiger partial charge in [0.15, 0.2) is 0 Å². The standard InChI is InChI=1S/C31H34F27N3O7/c1-5-59(6-2)16(62)9-61(10-17(63)60(7-3)8-4)18(64)11-65-12-19(13-66-20(23(32,33)34,24(35,36)37)25(38,39)40,14-67-21(26(41,42)43,27(44,45)46)28(47,48)49)15-68-22(29(50,51)52,30(53,54)55)31(56,57)58/h5-15H2,1-4H3. The van der Waals surface area contributed by atoms with Crippen molar-refractivity contribution in [2.75, 3.05) is 72.3 Å². The van der Waals surface area contributed by atoms with E-state index in [0.717, 1.165) is 9.80 Å². The van der Waals surface area contributed by atoms with Gasteiger partial charge in [-0.1, -0.05) is 0 Å². The molecule has 10 nitrogen and oxygen atoms in total. The van der Waals surface area contributed by atoms with Crippen molar-refractivity contribution in [3.63, 3.8) is 0 Å². The Bertz CT molecular complexity index is 1390. The van der Waals surface area contributed by atoms with E-state index in [2.05, 4.69) is 18.9 Å². The minimum Gasteiger partial charge on any atom is -0.371 e. The maximum atomic E-state index is 13.8. The highest BCUT2D eigenvalue weighted by Crippen LogP contribution is 2.59. The fraction of sp³-hybridized carbons (Fsp3) is 0.903. The summed E-state index contributed by atoms with van der Waals surface area (Å²) in [7, 11) is 0. The highest BCUT2D eigenvalue weighted by molar-refractivity contribution is 5.89. The number of carbonyl (C=O) groups is 3. The second-order valence-electron chi connectivity index (χ2n) is 13.8. The highest BCUT2D eigenvalue weighted by atomic mass is 19.5. The Morgan fingerprint density at radius 3 is 0.706 bits per heavy atom. The summed E-state index contributed by atoms with van der Waals surface area (Å²) < 4.78 is 386. The van der Waals surface area contributed by atoms with Crippen molar-refractivity contribution in [1.82, 2.24) is 14.7 Å². The Morgan fingerprint density at radius 1 is 0.324 bits per heavy atom. The van der Waals surface area contributed by atoms with Crippen LogP contribution in [0.5, 0.6) is 0 Å². The van der Waals surface area contributed by atoms with E-state index in [1.165, 1.54) is 27.7 Å². The SMILES string of the molecule is CCN(CC)C(=O)CN(CC(=O)N(CC)CC)C(=O)COCC(COC(C(F)(F)F)(C(F)(F)F)C(F)(F)F)(COC(C(F)(F)F)(C(F)(F)F)C(F)(F)F)COC(C(F)(F)F)(C(F)(F)F)C(F)(F)F. The molecule has 68 heavy (non-hydrogen) atoms. The van der Waals surface area contributed by atoms with E-state index in [1.807, 2.05) is 0 Å². The van der Waals surface area contributed by atoms with Gasteiger partial charge in [-0.05, 0) is 27.7 Å². The quantitative estimate of drug-likeness (QED) is 0.106. The first-order valence-electron chi connectivity index (χ1n) is 17.9. The zero-order valence-electron chi connectivity index (χ0n) is 34.2. The lowest BCUT2D eigenvalue weighted by molar-refractivity contribution is -0.474. The Balaban J connectivity index is 8.69. The largest absolute Gasteiger partial charge is 0.435 e. The summed E-state index contributed by atoms with van der Waals surface area (Å²) in [5, 5.41) is 0. The zero-order chi connectivity index (χ0) is 54.6. The van der Waals surface area contributed by atoms with Gasteiger partial charge in [0.05, 0.1) is 31.8 Å². The van der Waals surface area contributed by atoms with Crippen LogP contribution in [0.1, 0.15) is 27.7 Å². The summed E-state index contributed by atoms with van der Waals surface area (Å²) >= 11 is 0. The van der Waals surface area contributed by atoms with Crippen LogP contribution < -0.4 is 0 Å². The fourth-order valence-electron chi connectivity index (χ4n) is 5.57. The van der Waals surface area contributed by atoms with Gasteiger partial charge in [-0.15, -0.1) is 0 Å². The smallest absolute Gasteiger partial charge is 0.371 e. The van der Waals surface area contributed by atoms with Gasteiger partial charge >= 0.3 is 72.4 Å². The number of halogens is 27. The van der Waals surface area contributed by atoms with Crippen LogP contribution in [0.4, 0.5) is 119 Å². The van der Waals surface area contributed by atoms with Crippen molar-refractivity contribution in [3.05, 3.63) is 0 Å². The highest BCUT2D eigenvalue weighted by Gasteiger charge is 2.88. The van der Waals surface area contributed by atoms with Crippen LogP contribution in [0.3, 0.4) is 0 Å².